The number of nitrogens with one attached hydrogen (secondary N) is 7. The van der Waals surface area contributed by atoms with Crippen molar-refractivity contribution < 1.29 is 72.5 Å². The number of primary amides is 4. The Hall–Kier alpha value is -7.35. The van der Waals surface area contributed by atoms with E-state index in [2.05, 4.69) is 54.8 Å². The van der Waals surface area contributed by atoms with E-state index in [1.165, 1.54) is 20.8 Å². The van der Waals surface area contributed by atoms with Crippen LogP contribution in [-0.4, -0.2) is 177 Å². The molecule has 0 aromatic heterocycles. The van der Waals surface area contributed by atoms with Gasteiger partial charge in [0.05, 0.1) is 18.9 Å². The number of amides is 12. The molecule has 32 heteroatoms. The number of carboxylic acids is 1. The lowest BCUT2D eigenvalue weighted by molar-refractivity contribution is -0.142. The van der Waals surface area contributed by atoms with Gasteiger partial charge in [0.2, 0.25) is 70.9 Å². The number of aliphatic imine (C=N–C) groups is 1. The number of thiol groups is 1. The third-order valence-electron chi connectivity index (χ3n) is 11.0. The van der Waals surface area contributed by atoms with Crippen molar-refractivity contribution in [1.82, 2.24) is 42.1 Å². The Kier molecular flexibility index (Phi) is 27.2. The maximum Gasteiger partial charge on any atom is 0.327 e. The molecule has 1 heterocycles. The predicted octanol–water partition coefficient (Wildman–Crippen LogP) is -8.92. The third kappa shape index (κ3) is 22.7. The van der Waals surface area contributed by atoms with Crippen LogP contribution < -0.4 is 77.4 Å². The van der Waals surface area contributed by atoms with E-state index in [0.717, 1.165) is 4.90 Å². The number of guanidine groups is 1. The summed E-state index contributed by atoms with van der Waals surface area (Å²) in [6, 6.07) is -14.3. The summed E-state index contributed by atoms with van der Waals surface area (Å²) in [6.45, 7) is 4.21. The second-order valence-corrected chi connectivity index (χ2v) is 17.7. The van der Waals surface area contributed by atoms with Gasteiger partial charge in [-0.3, -0.25) is 62.5 Å². The second kappa shape index (κ2) is 31.2. The van der Waals surface area contributed by atoms with Crippen molar-refractivity contribution in [2.45, 2.75) is 145 Å². The quantitative estimate of drug-likeness (QED) is 0.0126. The first kappa shape index (κ1) is 63.7. The van der Waals surface area contributed by atoms with Gasteiger partial charge in [0.25, 0.3) is 0 Å². The van der Waals surface area contributed by atoms with Crippen LogP contribution in [0.3, 0.4) is 0 Å². The van der Waals surface area contributed by atoms with Crippen LogP contribution in [-0.2, 0) is 62.3 Å². The molecule has 10 atom stereocenters. The fourth-order valence-electron chi connectivity index (χ4n) is 7.00. The molecule has 1 fully saturated rings. The van der Waals surface area contributed by atoms with E-state index in [1.54, 1.807) is 0 Å². The van der Waals surface area contributed by atoms with Gasteiger partial charge >= 0.3 is 5.97 Å². The zero-order chi connectivity index (χ0) is 55.9. The highest BCUT2D eigenvalue weighted by molar-refractivity contribution is 7.80. The van der Waals surface area contributed by atoms with Crippen LogP contribution in [0.25, 0.3) is 0 Å². The first-order valence-corrected chi connectivity index (χ1v) is 23.5. The van der Waals surface area contributed by atoms with E-state index >= 15 is 0 Å². The first-order chi connectivity index (χ1) is 34.0. The van der Waals surface area contributed by atoms with Gasteiger partial charge < -0.3 is 92.5 Å². The molecule has 1 aliphatic rings. The molecule has 73 heavy (non-hydrogen) atoms. The van der Waals surface area contributed by atoms with Crippen LogP contribution in [0.2, 0.25) is 0 Å². The highest BCUT2D eigenvalue weighted by Gasteiger charge is 2.40. The van der Waals surface area contributed by atoms with Crippen molar-refractivity contribution in [3.8, 4) is 0 Å². The zero-order valence-electron chi connectivity index (χ0n) is 40.6. The van der Waals surface area contributed by atoms with Crippen LogP contribution in [0.5, 0.6) is 0 Å². The van der Waals surface area contributed by atoms with Gasteiger partial charge in [-0.1, -0.05) is 13.8 Å². The Balaban J connectivity index is 3.58. The molecule has 0 radical (unpaired) electrons. The molecule has 0 spiro atoms. The van der Waals surface area contributed by atoms with Crippen LogP contribution >= 0.6 is 12.6 Å². The Morgan fingerprint density at radius 2 is 1.03 bits per heavy atom. The number of aliphatic hydroxyl groups is 1. The highest BCUT2D eigenvalue weighted by Crippen LogP contribution is 2.19. The first-order valence-electron chi connectivity index (χ1n) is 22.9. The van der Waals surface area contributed by atoms with Crippen LogP contribution in [0.4, 0.5) is 0 Å². The van der Waals surface area contributed by atoms with Gasteiger partial charge in [-0.2, -0.15) is 12.6 Å². The lowest BCUT2D eigenvalue weighted by Crippen LogP contribution is -2.61. The van der Waals surface area contributed by atoms with Crippen molar-refractivity contribution in [2.75, 3.05) is 18.8 Å². The van der Waals surface area contributed by atoms with Crippen molar-refractivity contribution in [1.29, 1.82) is 0 Å². The summed E-state index contributed by atoms with van der Waals surface area (Å²) in [5, 5.41) is 35.4. The van der Waals surface area contributed by atoms with Gasteiger partial charge in [-0.15, -0.1) is 0 Å². The summed E-state index contributed by atoms with van der Waals surface area (Å²) in [4.78, 5) is 173. The van der Waals surface area contributed by atoms with Gasteiger partial charge in [-0.05, 0) is 51.4 Å². The molecule has 0 aromatic carbocycles. The fraction of sp³-hybridized carbons (Fsp3) is 0.659. The van der Waals surface area contributed by atoms with Crippen molar-refractivity contribution in [2.24, 2.45) is 51.0 Å². The minimum Gasteiger partial charge on any atom is -0.480 e. The van der Waals surface area contributed by atoms with E-state index in [0.29, 0.717) is 6.42 Å². The standard InChI is InChI=1S/C41H70N16O15S/c1-17(2)31(38(69)55-24(16-73)40(71)72)56-36(67)23(15-29(45)62)53-34(65)21(9-11-27(43)60)51-32(63)19(6-4-12-49-41(47)48)50-33(64)20(8-10-26(42)59)52-35(66)22(14-28(44)61)54-37(68)25-7-5-13-57(25)39(70)30(46)18(3)58/h17-25,30-31,58,73H,4-16,46H2,1-3H3,(H2,42,59)(H2,43,60)(H2,44,61)(H2,45,62)(H,50,64)(H,51,63)(H,52,66)(H,53,65)(H,54,68)(H,55,69)(H,56,67)(H,71,72)(H4,47,48,49)/t18-,19+,20+,21+,22+,23+,24+,25+,30+,31+/m1/s1. The van der Waals surface area contributed by atoms with E-state index in [1.807, 2.05) is 0 Å². The summed E-state index contributed by atoms with van der Waals surface area (Å²) in [7, 11) is 0. The topological polar surface area (TPSA) is 544 Å². The molecule has 1 saturated heterocycles. The van der Waals surface area contributed by atoms with Gasteiger partial charge in [0.1, 0.15) is 54.4 Å². The molecule has 1 aliphatic heterocycles. The maximum atomic E-state index is 14.1. The average Bonchev–Trinajstić information content (AvgIpc) is 3.79. The molecule has 0 saturated carbocycles. The Morgan fingerprint density at radius 3 is 1.44 bits per heavy atom. The zero-order valence-corrected chi connectivity index (χ0v) is 41.5. The van der Waals surface area contributed by atoms with Gasteiger partial charge in [0.15, 0.2) is 5.96 Å². The summed E-state index contributed by atoms with van der Waals surface area (Å²) in [6.07, 6.45) is -5.10. The molecule has 0 bridgehead atoms. The number of hydrogen-bond acceptors (Lipinski definition) is 17. The van der Waals surface area contributed by atoms with E-state index in [9.17, 15) is 72.5 Å². The van der Waals surface area contributed by atoms with E-state index in [4.69, 9.17) is 40.1 Å². The van der Waals surface area contributed by atoms with Crippen LogP contribution in [0, 0.1) is 5.92 Å². The number of carboxylic acid groups (broad SMARTS) is 1. The lowest BCUT2D eigenvalue weighted by Gasteiger charge is -2.29. The monoisotopic (exact) mass is 1060 g/mol. The molecule has 0 unspecified atom stereocenters. The third-order valence-corrected chi connectivity index (χ3v) is 11.3. The number of carbonyl (C=O) groups excluding carboxylic acids is 12. The number of carbonyl (C=O) groups is 13. The van der Waals surface area contributed by atoms with Crippen molar-refractivity contribution in [3.05, 3.63) is 0 Å². The minimum absolute atomic E-state index is 0.0467. The average molecular weight is 1060 g/mol. The van der Waals surface area contributed by atoms with Gasteiger partial charge in [0, 0.05) is 31.7 Å². The molecule has 12 amide bonds. The SMILES string of the molecule is CC(C)[C@H](NC(=O)[C@H](CC(N)=O)NC(=O)[C@H](CCC(N)=O)NC(=O)[C@H](CCCN=C(N)N)NC(=O)[C@H](CCC(N)=O)NC(=O)[C@H](CC(N)=O)NC(=O)[C@@H]1CCCN1C(=O)[C@@H](N)[C@@H](C)O)C(=O)N[C@@H](CS)C(=O)O. The highest BCUT2D eigenvalue weighted by atomic mass is 32.1. The summed E-state index contributed by atoms with van der Waals surface area (Å²) in [5.41, 5.74) is 38.1. The predicted molar refractivity (Wildman–Crippen MR) is 259 cm³/mol. The largest absolute Gasteiger partial charge is 0.480 e. The van der Waals surface area contributed by atoms with Crippen LogP contribution in [0.15, 0.2) is 4.99 Å². The van der Waals surface area contributed by atoms with Crippen molar-refractivity contribution in [3.63, 3.8) is 0 Å². The van der Waals surface area contributed by atoms with Crippen LogP contribution in [0.1, 0.15) is 85.0 Å². The maximum absolute atomic E-state index is 14.1. The normalized spacial score (nSPS) is 16.8. The molecule has 0 aromatic rings. The number of rotatable bonds is 33. The molecular weight excluding hydrogens is 989 g/mol. The molecular formula is C41H70N16O15S. The Morgan fingerprint density at radius 1 is 0.603 bits per heavy atom. The number of nitrogens with zero attached hydrogens (tertiary/aromatic N) is 2. The van der Waals surface area contributed by atoms with Gasteiger partial charge in [-0.25, -0.2) is 4.79 Å². The number of nitrogens with two attached hydrogens (primary N) is 7. The lowest BCUT2D eigenvalue weighted by atomic mass is 10.0. The van der Waals surface area contributed by atoms with E-state index < -0.39 is 182 Å². The molecule has 31 nitrogen and oxygen atoms in total. The molecule has 23 N–H and O–H groups in total. The summed E-state index contributed by atoms with van der Waals surface area (Å²) < 4.78 is 0. The molecule has 0 aliphatic carbocycles. The number of likely N-dealkylation sites (tertiary alicyclic amines) is 1. The Bertz CT molecular complexity index is 2070. The smallest absolute Gasteiger partial charge is 0.327 e. The summed E-state index contributed by atoms with van der Waals surface area (Å²) in [5.74, 6) is -15.4. The fourth-order valence-corrected chi connectivity index (χ4v) is 7.25. The van der Waals surface area contributed by atoms with Crippen molar-refractivity contribution >= 4 is 95.4 Å². The number of hydrogen-bond donors (Lipinski definition) is 17. The number of aliphatic hydroxyl groups excluding tert-OH is 1. The number of aliphatic carboxylic acids is 1. The molecule has 1 rings (SSSR count). The van der Waals surface area contributed by atoms with E-state index in [-0.39, 0.29) is 44.1 Å². The summed E-state index contributed by atoms with van der Waals surface area (Å²) >= 11 is 3.90. The Labute approximate surface area is 424 Å². The second-order valence-electron chi connectivity index (χ2n) is 17.4. The minimum atomic E-state index is -1.84. The molecule has 410 valence electrons.